The summed E-state index contributed by atoms with van der Waals surface area (Å²) in [6, 6.07) is 54.9. The molecule has 3 nitrogen and oxygen atoms in total. The fourth-order valence-corrected chi connectivity index (χ4v) is 9.57. The van der Waals surface area contributed by atoms with Crippen molar-refractivity contribution in [3.63, 3.8) is 0 Å². The van der Waals surface area contributed by atoms with Gasteiger partial charge in [-0.3, -0.25) is 0 Å². The third kappa shape index (κ3) is 4.20. The van der Waals surface area contributed by atoms with E-state index in [4.69, 9.17) is 0 Å². The molecule has 1 aliphatic heterocycles. The number of aromatic nitrogens is 3. The maximum Gasteiger partial charge on any atom is 0.332 e. The van der Waals surface area contributed by atoms with E-state index in [9.17, 15) is 0 Å². The number of hydrogen-bond acceptors (Lipinski definition) is 0. The molecular formula is C50H42BN3. The number of para-hydroxylation sites is 4. The molecule has 7 aromatic carbocycles. The summed E-state index contributed by atoms with van der Waals surface area (Å²) >= 11 is 0. The van der Waals surface area contributed by atoms with Crippen molar-refractivity contribution in [2.45, 2.75) is 52.4 Å². The maximum absolute atomic E-state index is 2.70. The highest BCUT2D eigenvalue weighted by Crippen LogP contribution is 2.43. The van der Waals surface area contributed by atoms with Gasteiger partial charge in [-0.1, -0.05) is 133 Å². The zero-order valence-electron chi connectivity index (χ0n) is 31.8. The second-order valence-electron chi connectivity index (χ2n) is 17.4. The van der Waals surface area contributed by atoms with Crippen LogP contribution in [0.1, 0.15) is 52.7 Å². The lowest BCUT2D eigenvalue weighted by molar-refractivity contribution is 0.590. The lowest BCUT2D eigenvalue weighted by Crippen LogP contribution is -2.53. The Morgan fingerprint density at radius 3 is 1.81 bits per heavy atom. The molecule has 54 heavy (non-hydrogen) atoms. The second kappa shape index (κ2) is 10.8. The fourth-order valence-electron chi connectivity index (χ4n) is 9.57. The molecule has 1 aliphatic rings. The molecule has 0 spiro atoms. The summed E-state index contributed by atoms with van der Waals surface area (Å²) in [7, 11) is 0. The monoisotopic (exact) mass is 695 g/mol. The predicted octanol–water partition coefficient (Wildman–Crippen LogP) is 11.6. The van der Waals surface area contributed by atoms with Crippen LogP contribution >= 0.6 is 0 Å². The number of rotatable bonds is 2. The molecule has 0 amide bonds. The van der Waals surface area contributed by atoms with Gasteiger partial charge in [0.15, 0.2) is 0 Å². The van der Waals surface area contributed by atoms with Crippen LogP contribution in [0.4, 0.5) is 0 Å². The first-order chi connectivity index (χ1) is 26.1. The number of hydrogen-bond donors (Lipinski definition) is 0. The summed E-state index contributed by atoms with van der Waals surface area (Å²) in [5.41, 5.74) is 15.4. The van der Waals surface area contributed by atoms with Gasteiger partial charge in [-0.15, -0.1) is 0 Å². The largest absolute Gasteiger partial charge is 0.375 e. The van der Waals surface area contributed by atoms with Crippen molar-refractivity contribution in [1.29, 1.82) is 0 Å². The van der Waals surface area contributed by atoms with Crippen LogP contribution in [-0.2, 0) is 10.8 Å². The van der Waals surface area contributed by atoms with Crippen LogP contribution in [0.25, 0.3) is 76.8 Å². The minimum absolute atomic E-state index is 0.0422. The molecule has 0 fully saturated rings. The standard InChI is InChI=1S/C50H42BN3/c1-49(2,3)31-24-26-42-37(28-31)38-29-32(50(4,5)6)30-40-47(38)53(42)44-23-15-12-20-39(44)51(40)54-43-22-14-10-18-34(43)35-25-27-45-46(48(35)54)36-19-11-13-21-41(36)52(45)33-16-8-7-9-17-33/h7-30H,1-6H3. The molecule has 0 bridgehead atoms. The van der Waals surface area contributed by atoms with E-state index in [0.29, 0.717) is 0 Å². The van der Waals surface area contributed by atoms with Crippen molar-refractivity contribution >= 4 is 83.2 Å². The molecule has 11 rings (SSSR count). The van der Waals surface area contributed by atoms with Crippen LogP contribution in [0, 0.1) is 0 Å². The molecule has 0 N–H and O–H groups in total. The SMILES string of the molecule is CC(C)(C)c1ccc2c(c1)c1cc(C(C)(C)C)cc3c1n2-c1ccccc1B3n1c2ccccc2c2ccc3c(c4ccccc4n3-c3ccccc3)c21. The summed E-state index contributed by atoms with van der Waals surface area (Å²) in [6.45, 7) is 14.0. The first-order valence-electron chi connectivity index (χ1n) is 19.3. The average Bonchev–Trinajstić information content (AvgIpc) is 3.81. The summed E-state index contributed by atoms with van der Waals surface area (Å²) in [5, 5.41) is 7.81. The van der Waals surface area contributed by atoms with Crippen molar-refractivity contribution in [3.8, 4) is 11.4 Å². The average molecular weight is 696 g/mol. The Balaban J connectivity index is 1.36. The van der Waals surface area contributed by atoms with Crippen molar-refractivity contribution < 1.29 is 0 Å². The summed E-state index contributed by atoms with van der Waals surface area (Å²) in [4.78, 5) is 0. The molecule has 0 saturated heterocycles. The van der Waals surface area contributed by atoms with E-state index in [1.165, 1.54) is 98.8 Å². The van der Waals surface area contributed by atoms with Crippen molar-refractivity contribution in [1.82, 2.24) is 13.6 Å². The summed E-state index contributed by atoms with van der Waals surface area (Å²) in [6.07, 6.45) is 0. The van der Waals surface area contributed by atoms with Gasteiger partial charge in [0.2, 0.25) is 0 Å². The molecule has 0 radical (unpaired) electrons. The van der Waals surface area contributed by atoms with E-state index in [2.05, 4.69) is 201 Å². The Morgan fingerprint density at radius 1 is 0.407 bits per heavy atom. The van der Waals surface area contributed by atoms with Gasteiger partial charge in [0, 0.05) is 54.7 Å². The van der Waals surface area contributed by atoms with Crippen molar-refractivity contribution in [2.24, 2.45) is 0 Å². The van der Waals surface area contributed by atoms with E-state index in [0.717, 1.165) is 0 Å². The quantitative estimate of drug-likeness (QED) is 0.160. The van der Waals surface area contributed by atoms with Crippen LogP contribution in [0.5, 0.6) is 0 Å². The molecule has 0 saturated carbocycles. The highest BCUT2D eigenvalue weighted by molar-refractivity contribution is 6.88. The highest BCUT2D eigenvalue weighted by Gasteiger charge is 2.38. The highest BCUT2D eigenvalue weighted by atomic mass is 15.0. The zero-order chi connectivity index (χ0) is 36.7. The third-order valence-electron chi connectivity index (χ3n) is 12.2. The van der Waals surface area contributed by atoms with Gasteiger partial charge in [0.25, 0.3) is 0 Å². The van der Waals surface area contributed by atoms with E-state index >= 15 is 0 Å². The lowest BCUT2D eigenvalue weighted by atomic mass is 9.47. The minimum atomic E-state index is -0.0586. The second-order valence-corrected chi connectivity index (χ2v) is 17.4. The predicted molar refractivity (Wildman–Crippen MR) is 232 cm³/mol. The van der Waals surface area contributed by atoms with Gasteiger partial charge < -0.3 is 13.6 Å². The van der Waals surface area contributed by atoms with Crippen LogP contribution in [0.15, 0.2) is 146 Å². The molecule has 0 aliphatic carbocycles. The van der Waals surface area contributed by atoms with Crippen LogP contribution in [-0.4, -0.2) is 20.5 Å². The van der Waals surface area contributed by atoms with E-state index in [-0.39, 0.29) is 17.7 Å². The topological polar surface area (TPSA) is 14.8 Å². The summed E-state index contributed by atoms with van der Waals surface area (Å²) < 4.78 is 7.72. The molecule has 0 unspecified atom stereocenters. The molecule has 3 aromatic heterocycles. The van der Waals surface area contributed by atoms with Crippen molar-refractivity contribution in [3.05, 3.63) is 157 Å². The van der Waals surface area contributed by atoms with Gasteiger partial charge in [0.05, 0.1) is 22.1 Å². The minimum Gasteiger partial charge on any atom is -0.375 e. The summed E-state index contributed by atoms with van der Waals surface area (Å²) in [5.74, 6) is 0. The Hall–Kier alpha value is -6.00. The Labute approximate surface area is 316 Å². The number of benzene rings is 7. The maximum atomic E-state index is 2.70. The smallest absolute Gasteiger partial charge is 0.332 e. The van der Waals surface area contributed by atoms with Gasteiger partial charge >= 0.3 is 6.85 Å². The first kappa shape index (κ1) is 31.5. The Bertz CT molecular complexity index is 3180. The van der Waals surface area contributed by atoms with E-state index in [1.807, 2.05) is 0 Å². The third-order valence-corrected chi connectivity index (χ3v) is 12.2. The van der Waals surface area contributed by atoms with Crippen LogP contribution < -0.4 is 10.9 Å². The molecule has 10 aromatic rings. The number of fused-ring (bicyclic) bond motifs is 12. The lowest BCUT2D eigenvalue weighted by Gasteiger charge is -2.30. The number of nitrogens with zero attached hydrogens (tertiary/aromatic N) is 3. The first-order valence-corrected chi connectivity index (χ1v) is 19.3. The van der Waals surface area contributed by atoms with Gasteiger partial charge in [0.1, 0.15) is 0 Å². The Morgan fingerprint density at radius 2 is 1.04 bits per heavy atom. The van der Waals surface area contributed by atoms with Crippen LogP contribution in [0.3, 0.4) is 0 Å². The van der Waals surface area contributed by atoms with E-state index < -0.39 is 0 Å². The van der Waals surface area contributed by atoms with E-state index in [1.54, 1.807) is 0 Å². The molecular weight excluding hydrogens is 653 g/mol. The van der Waals surface area contributed by atoms with Gasteiger partial charge in [-0.2, -0.15) is 0 Å². The van der Waals surface area contributed by atoms with Gasteiger partial charge in [-0.25, -0.2) is 0 Å². The molecule has 4 heteroatoms. The zero-order valence-corrected chi connectivity index (χ0v) is 31.8. The molecule has 0 atom stereocenters. The normalized spacial score (nSPS) is 13.3. The van der Waals surface area contributed by atoms with Crippen LogP contribution in [0.2, 0.25) is 0 Å². The van der Waals surface area contributed by atoms with Crippen molar-refractivity contribution in [2.75, 3.05) is 0 Å². The van der Waals surface area contributed by atoms with Gasteiger partial charge in [-0.05, 0) is 87.5 Å². The molecule has 4 heterocycles. The Kier molecular flexibility index (Phi) is 6.30. The fraction of sp³-hybridized carbons (Fsp3) is 0.160. The molecule has 260 valence electrons.